The molecule has 4 aromatic rings. The number of amides is 1. The monoisotopic (exact) mass is 432 g/mol. The molecule has 0 saturated carbocycles. The van der Waals surface area contributed by atoms with Gasteiger partial charge in [-0.2, -0.15) is 0 Å². The molecule has 3 heteroatoms. The summed E-state index contributed by atoms with van der Waals surface area (Å²) in [6.45, 7) is 8.30. The van der Waals surface area contributed by atoms with Crippen molar-refractivity contribution in [2.75, 3.05) is 10.2 Å². The van der Waals surface area contributed by atoms with Crippen LogP contribution in [0.1, 0.15) is 33.9 Å². The summed E-state index contributed by atoms with van der Waals surface area (Å²) in [6, 6.07) is 27.1. The predicted octanol–water partition coefficient (Wildman–Crippen LogP) is 7.16. The molecule has 1 aliphatic rings. The van der Waals surface area contributed by atoms with Gasteiger partial charge in [-0.25, -0.2) is 0 Å². The van der Waals surface area contributed by atoms with Crippen LogP contribution in [0.15, 0.2) is 90.6 Å². The average molecular weight is 433 g/mol. The van der Waals surface area contributed by atoms with Crippen LogP contribution in [0.25, 0.3) is 10.8 Å². The Morgan fingerprint density at radius 1 is 0.727 bits per heavy atom. The third kappa shape index (κ3) is 4.03. The number of benzene rings is 4. The second-order valence-corrected chi connectivity index (χ2v) is 9.12. The fraction of sp³-hybridized carbons (Fsp3) is 0.167. The van der Waals surface area contributed by atoms with Gasteiger partial charge in [-0.15, -0.1) is 0 Å². The number of carbonyl (C=O) groups is 1. The summed E-state index contributed by atoms with van der Waals surface area (Å²) in [5.41, 5.74) is 8.21. The largest absolute Gasteiger partial charge is 0.351 e. The van der Waals surface area contributed by atoms with E-state index in [2.05, 4.69) is 118 Å². The number of carbonyl (C=O) groups excluding carboxylic acids is 1. The van der Waals surface area contributed by atoms with Crippen molar-refractivity contribution in [3.05, 3.63) is 118 Å². The van der Waals surface area contributed by atoms with Gasteiger partial charge in [-0.3, -0.25) is 9.69 Å². The van der Waals surface area contributed by atoms with Gasteiger partial charge in [0.15, 0.2) is 0 Å². The first-order valence-corrected chi connectivity index (χ1v) is 11.4. The molecule has 33 heavy (non-hydrogen) atoms. The zero-order chi connectivity index (χ0) is 23.1. The summed E-state index contributed by atoms with van der Waals surface area (Å²) in [7, 11) is 0. The van der Waals surface area contributed by atoms with Gasteiger partial charge in [0.25, 0.3) is 5.91 Å². The van der Waals surface area contributed by atoms with E-state index in [1.165, 1.54) is 16.5 Å². The molecule has 0 fully saturated rings. The van der Waals surface area contributed by atoms with Crippen LogP contribution in [0.5, 0.6) is 0 Å². The number of nitrogens with zero attached hydrogens (tertiary/aromatic N) is 1. The molecule has 3 nitrogen and oxygen atoms in total. The molecule has 0 spiro atoms. The normalized spacial score (nSPS) is 15.8. The van der Waals surface area contributed by atoms with Gasteiger partial charge in [0.05, 0.1) is 6.04 Å². The Bertz CT molecular complexity index is 1370. The molecule has 1 heterocycles. The number of nitrogens with one attached hydrogen (secondary N) is 1. The molecule has 1 N–H and O–H groups in total. The SMILES string of the molecule is Cc1cc(C)cc(NC2=C[C@H](c3cccc4ccccc34)N(c3cc(C)cc(C)c3)C2=O)c1. The number of aryl methyl sites for hydroxylation is 4. The molecule has 0 aromatic heterocycles. The van der Waals surface area contributed by atoms with E-state index < -0.39 is 0 Å². The van der Waals surface area contributed by atoms with Crippen LogP contribution >= 0.6 is 0 Å². The van der Waals surface area contributed by atoms with Gasteiger partial charge in [0, 0.05) is 11.4 Å². The highest BCUT2D eigenvalue weighted by atomic mass is 16.2. The van der Waals surface area contributed by atoms with E-state index in [9.17, 15) is 4.79 Å². The van der Waals surface area contributed by atoms with Crippen LogP contribution in [0.4, 0.5) is 11.4 Å². The lowest BCUT2D eigenvalue weighted by Gasteiger charge is -2.27. The highest BCUT2D eigenvalue weighted by Gasteiger charge is 2.35. The van der Waals surface area contributed by atoms with E-state index in [-0.39, 0.29) is 11.9 Å². The van der Waals surface area contributed by atoms with Crippen molar-refractivity contribution < 1.29 is 4.79 Å². The lowest BCUT2D eigenvalue weighted by molar-refractivity contribution is -0.114. The molecule has 1 amide bonds. The smallest absolute Gasteiger partial charge is 0.275 e. The molecule has 1 aliphatic heterocycles. The highest BCUT2D eigenvalue weighted by Crippen LogP contribution is 2.39. The van der Waals surface area contributed by atoms with Gasteiger partial charge in [0.2, 0.25) is 0 Å². The number of anilines is 2. The van der Waals surface area contributed by atoms with Gasteiger partial charge in [-0.1, -0.05) is 54.6 Å². The zero-order valence-electron chi connectivity index (χ0n) is 19.5. The number of fused-ring (bicyclic) bond motifs is 1. The Balaban J connectivity index is 1.65. The van der Waals surface area contributed by atoms with Crippen molar-refractivity contribution in [2.45, 2.75) is 33.7 Å². The molecule has 0 unspecified atom stereocenters. The molecular weight excluding hydrogens is 404 g/mol. The summed E-state index contributed by atoms with van der Waals surface area (Å²) >= 11 is 0. The summed E-state index contributed by atoms with van der Waals surface area (Å²) in [5.74, 6) is -0.0166. The average Bonchev–Trinajstić information content (AvgIpc) is 3.07. The second-order valence-electron chi connectivity index (χ2n) is 9.12. The number of hydrogen-bond donors (Lipinski definition) is 1. The van der Waals surface area contributed by atoms with E-state index in [0.717, 1.165) is 33.5 Å². The van der Waals surface area contributed by atoms with E-state index in [1.54, 1.807) is 0 Å². The molecule has 0 saturated heterocycles. The first kappa shape index (κ1) is 21.0. The van der Waals surface area contributed by atoms with Gasteiger partial charge < -0.3 is 5.32 Å². The van der Waals surface area contributed by atoms with Crippen molar-refractivity contribution in [2.24, 2.45) is 0 Å². The van der Waals surface area contributed by atoms with E-state index >= 15 is 0 Å². The molecule has 1 atom stereocenters. The van der Waals surface area contributed by atoms with Crippen molar-refractivity contribution >= 4 is 28.1 Å². The van der Waals surface area contributed by atoms with Crippen molar-refractivity contribution in [1.82, 2.24) is 0 Å². The van der Waals surface area contributed by atoms with E-state index in [1.807, 2.05) is 4.90 Å². The summed E-state index contributed by atoms with van der Waals surface area (Å²) in [5, 5.41) is 5.76. The molecule has 164 valence electrons. The van der Waals surface area contributed by atoms with Crippen LogP contribution in [-0.4, -0.2) is 5.91 Å². The summed E-state index contributed by atoms with van der Waals surface area (Å²) < 4.78 is 0. The van der Waals surface area contributed by atoms with Gasteiger partial charge in [0.1, 0.15) is 5.70 Å². The lowest BCUT2D eigenvalue weighted by Crippen LogP contribution is -2.31. The third-order valence-corrected chi connectivity index (χ3v) is 6.18. The minimum absolute atomic E-state index is 0.0166. The van der Waals surface area contributed by atoms with Crippen molar-refractivity contribution in [3.8, 4) is 0 Å². The highest BCUT2D eigenvalue weighted by molar-refractivity contribution is 6.11. The Kier molecular flexibility index (Phi) is 5.26. The zero-order valence-corrected chi connectivity index (χ0v) is 19.5. The Morgan fingerprint density at radius 3 is 2.03 bits per heavy atom. The van der Waals surface area contributed by atoms with Crippen LogP contribution < -0.4 is 10.2 Å². The van der Waals surface area contributed by atoms with Crippen molar-refractivity contribution in [1.29, 1.82) is 0 Å². The maximum absolute atomic E-state index is 13.8. The third-order valence-electron chi connectivity index (χ3n) is 6.18. The van der Waals surface area contributed by atoms with Crippen molar-refractivity contribution in [3.63, 3.8) is 0 Å². The van der Waals surface area contributed by atoms with E-state index in [4.69, 9.17) is 0 Å². The lowest BCUT2D eigenvalue weighted by atomic mass is 9.98. The van der Waals surface area contributed by atoms with Crippen LogP contribution in [-0.2, 0) is 4.79 Å². The van der Waals surface area contributed by atoms with Crippen LogP contribution in [0.2, 0.25) is 0 Å². The molecule has 0 radical (unpaired) electrons. The minimum atomic E-state index is -0.196. The maximum Gasteiger partial charge on any atom is 0.275 e. The summed E-state index contributed by atoms with van der Waals surface area (Å²) in [4.78, 5) is 15.7. The minimum Gasteiger partial charge on any atom is -0.351 e. The standard InChI is InChI=1S/C30H28N2O/c1-19-12-20(2)15-24(14-19)31-28-18-29(27-11-7-9-23-8-5-6-10-26(23)27)32(30(28)33)25-16-21(3)13-22(4)17-25/h5-18,29,31H,1-4H3/t29-/m1/s1. The topological polar surface area (TPSA) is 32.3 Å². The Hall–Kier alpha value is -3.85. The fourth-order valence-electron chi connectivity index (χ4n) is 4.96. The first-order chi connectivity index (χ1) is 15.9. The Labute approximate surface area is 195 Å². The molecule has 5 rings (SSSR count). The first-order valence-electron chi connectivity index (χ1n) is 11.4. The molecule has 4 aromatic carbocycles. The summed E-state index contributed by atoms with van der Waals surface area (Å²) in [6.07, 6.45) is 2.07. The van der Waals surface area contributed by atoms with Gasteiger partial charge >= 0.3 is 0 Å². The van der Waals surface area contributed by atoms with E-state index in [0.29, 0.717) is 5.70 Å². The quantitative estimate of drug-likeness (QED) is 0.371. The molecular formula is C30H28N2O. The fourth-order valence-corrected chi connectivity index (χ4v) is 4.96. The number of rotatable bonds is 4. The molecule has 0 bridgehead atoms. The maximum atomic E-state index is 13.8. The molecule has 0 aliphatic carbocycles. The predicted molar refractivity (Wildman–Crippen MR) is 138 cm³/mol. The van der Waals surface area contributed by atoms with Gasteiger partial charge in [-0.05, 0) is 96.6 Å². The second kappa shape index (κ2) is 8.25. The van der Waals surface area contributed by atoms with Crippen LogP contribution in [0.3, 0.4) is 0 Å². The van der Waals surface area contributed by atoms with Crippen LogP contribution in [0, 0.1) is 27.7 Å². The Morgan fingerprint density at radius 2 is 1.33 bits per heavy atom. The number of hydrogen-bond acceptors (Lipinski definition) is 2.